The molecule has 9 nitrogen and oxygen atoms in total. The molecule has 0 radical (unpaired) electrons. The Bertz CT molecular complexity index is 1310. The number of aliphatic hydroxyl groups excluding tert-OH is 2. The van der Waals surface area contributed by atoms with E-state index in [1.165, 1.54) is 12.8 Å². The first kappa shape index (κ1) is 34.3. The lowest BCUT2D eigenvalue weighted by molar-refractivity contribution is -0.250. The zero-order valence-corrected chi connectivity index (χ0v) is 30.8. The van der Waals surface area contributed by atoms with Gasteiger partial charge in [-0.25, -0.2) is 0 Å². The monoisotopic (exact) mass is 673 g/mol. The maximum Gasteiger partial charge on any atom is 0.233 e. The third-order valence-corrected chi connectivity index (χ3v) is 16.8. The molecule has 0 aromatic carbocycles. The molecule has 3 saturated heterocycles. The van der Waals surface area contributed by atoms with E-state index >= 15 is 0 Å². The highest BCUT2D eigenvalue weighted by atomic mass is 16.7. The summed E-state index contributed by atoms with van der Waals surface area (Å²) in [6.45, 7) is 19.8. The number of ether oxygens (including phenoxy) is 4. The van der Waals surface area contributed by atoms with Crippen LogP contribution in [0.1, 0.15) is 107 Å². The SMILES string of the molecule is C[C@@H]1C[C@@H]([C@H](O)C(C)(C)O)OC2[C@H]1C1(C)CCC34CC35CCC(O[C@H]3CN(C(=O)C6(C)COC6)CCO3)C(C)(C)[C@@H]5CCC4[C@]1(C)[C@H]2O. The molecule has 0 aromatic heterocycles. The van der Waals surface area contributed by atoms with Crippen molar-refractivity contribution in [2.24, 2.45) is 56.2 Å². The number of morpholine rings is 1. The van der Waals surface area contributed by atoms with Crippen molar-refractivity contribution in [3.05, 3.63) is 0 Å². The molecule has 5 aliphatic carbocycles. The third kappa shape index (κ3) is 4.30. The van der Waals surface area contributed by atoms with E-state index in [0.29, 0.717) is 51.2 Å². The fourth-order valence-corrected chi connectivity index (χ4v) is 14.2. The van der Waals surface area contributed by atoms with Gasteiger partial charge < -0.3 is 39.2 Å². The molecule has 5 saturated carbocycles. The third-order valence-electron chi connectivity index (χ3n) is 16.8. The van der Waals surface area contributed by atoms with E-state index in [-0.39, 0.29) is 57.0 Å². The molecule has 3 heterocycles. The highest BCUT2D eigenvalue weighted by Crippen LogP contribution is 2.89. The van der Waals surface area contributed by atoms with E-state index in [9.17, 15) is 20.1 Å². The molecule has 3 aliphatic heterocycles. The topological polar surface area (TPSA) is 118 Å². The Hall–Kier alpha value is -0.810. The number of aliphatic hydroxyl groups is 3. The van der Waals surface area contributed by atoms with Gasteiger partial charge in [-0.2, -0.15) is 0 Å². The lowest BCUT2D eigenvalue weighted by atomic mass is 9.41. The van der Waals surface area contributed by atoms with E-state index in [1.807, 2.05) is 11.8 Å². The highest BCUT2D eigenvalue weighted by Gasteiger charge is 2.84. The van der Waals surface area contributed by atoms with Gasteiger partial charge in [0.2, 0.25) is 5.91 Å². The van der Waals surface area contributed by atoms with Gasteiger partial charge in [0.15, 0.2) is 6.29 Å². The lowest BCUT2D eigenvalue weighted by Gasteiger charge is -2.64. The number of fused-ring (bicyclic) bond motifs is 4. The van der Waals surface area contributed by atoms with Gasteiger partial charge in [-0.1, -0.05) is 34.6 Å². The van der Waals surface area contributed by atoms with E-state index < -0.39 is 35.6 Å². The summed E-state index contributed by atoms with van der Waals surface area (Å²) in [5, 5.41) is 34.1. The van der Waals surface area contributed by atoms with E-state index in [2.05, 4.69) is 34.6 Å². The Kier molecular flexibility index (Phi) is 7.59. The van der Waals surface area contributed by atoms with Crippen LogP contribution in [0.25, 0.3) is 0 Å². The number of rotatable bonds is 5. The Morgan fingerprint density at radius 1 is 1.00 bits per heavy atom. The number of amides is 1. The number of hydrogen-bond acceptors (Lipinski definition) is 8. The van der Waals surface area contributed by atoms with Crippen LogP contribution in [0.3, 0.4) is 0 Å². The molecule has 8 rings (SSSR count). The minimum Gasteiger partial charge on any atom is -0.390 e. The fourth-order valence-electron chi connectivity index (χ4n) is 14.2. The number of hydrogen-bond donors (Lipinski definition) is 3. The minimum absolute atomic E-state index is 0.0296. The number of nitrogens with zero attached hydrogens (tertiary/aromatic N) is 1. The summed E-state index contributed by atoms with van der Waals surface area (Å²) in [7, 11) is 0. The van der Waals surface area contributed by atoms with Crippen molar-refractivity contribution >= 4 is 5.91 Å². The van der Waals surface area contributed by atoms with Crippen LogP contribution in [0.4, 0.5) is 0 Å². The molecule has 3 N–H and O–H groups in total. The summed E-state index contributed by atoms with van der Waals surface area (Å²) in [6.07, 6.45) is 5.93. The Morgan fingerprint density at radius 2 is 1.69 bits per heavy atom. The summed E-state index contributed by atoms with van der Waals surface area (Å²) in [5.74, 6) is 1.65. The smallest absolute Gasteiger partial charge is 0.233 e. The van der Waals surface area contributed by atoms with Crippen LogP contribution in [-0.2, 0) is 23.7 Å². The Balaban J connectivity index is 1.01. The summed E-state index contributed by atoms with van der Waals surface area (Å²) in [4.78, 5) is 15.2. The zero-order valence-electron chi connectivity index (χ0n) is 30.8. The normalized spacial score (nSPS) is 52.5. The second-order valence-corrected chi connectivity index (χ2v) is 19.9. The number of carbonyl (C=O) groups is 1. The molecular formula is C39H63NO8. The van der Waals surface area contributed by atoms with E-state index in [4.69, 9.17) is 18.9 Å². The van der Waals surface area contributed by atoms with Crippen LogP contribution < -0.4 is 0 Å². The predicted octanol–water partition coefficient (Wildman–Crippen LogP) is 4.54. The number of carbonyl (C=O) groups excluding carboxylic acids is 1. The fraction of sp³-hybridized carbons (Fsp3) is 0.974. The van der Waals surface area contributed by atoms with E-state index in [1.54, 1.807) is 13.8 Å². The first-order valence-electron chi connectivity index (χ1n) is 19.2. The van der Waals surface area contributed by atoms with Crippen LogP contribution in [-0.4, -0.2) is 101 Å². The second-order valence-electron chi connectivity index (χ2n) is 19.9. The predicted molar refractivity (Wildman–Crippen MR) is 179 cm³/mol. The van der Waals surface area contributed by atoms with Crippen LogP contribution in [0.5, 0.6) is 0 Å². The van der Waals surface area contributed by atoms with Crippen molar-refractivity contribution in [3.63, 3.8) is 0 Å². The molecule has 14 atom stereocenters. The second kappa shape index (κ2) is 10.6. The van der Waals surface area contributed by atoms with Gasteiger partial charge in [0.05, 0.1) is 61.8 Å². The molecule has 9 heteroatoms. The molecule has 8 aliphatic rings. The summed E-state index contributed by atoms with van der Waals surface area (Å²) < 4.78 is 25.0. The molecule has 0 bridgehead atoms. The van der Waals surface area contributed by atoms with Crippen molar-refractivity contribution in [2.45, 2.75) is 149 Å². The van der Waals surface area contributed by atoms with Crippen molar-refractivity contribution < 1.29 is 39.1 Å². The van der Waals surface area contributed by atoms with Gasteiger partial charge in [-0.05, 0) is 117 Å². The molecule has 6 unspecified atom stereocenters. The maximum atomic E-state index is 13.3. The van der Waals surface area contributed by atoms with Gasteiger partial charge in [0, 0.05) is 12.0 Å². The van der Waals surface area contributed by atoms with Gasteiger partial charge in [-0.3, -0.25) is 4.79 Å². The standard InChI is InChI=1S/C39H63NO8/c1-22-17-23(30(41)34(4,5)44)47-29-28(22)36(7)13-14-39-19-38(39)12-11-26(33(2,3)24(38)9-10-25(39)37(36,8)31(29)42)48-27-18-40(15-16-46-27)32(43)35(6)20-45-21-35/h22-31,41-42,44H,9-21H2,1-8H3/t22-,23+,24+,25?,26?,27+,28+,29?,30+,31+,36?,37-,38?,39?/m1/s1. The quantitative estimate of drug-likeness (QED) is 0.390. The first-order valence-corrected chi connectivity index (χ1v) is 19.2. The summed E-state index contributed by atoms with van der Waals surface area (Å²) >= 11 is 0. The van der Waals surface area contributed by atoms with Crippen LogP contribution in [0.15, 0.2) is 0 Å². The van der Waals surface area contributed by atoms with E-state index in [0.717, 1.165) is 32.1 Å². The largest absolute Gasteiger partial charge is 0.390 e. The van der Waals surface area contributed by atoms with Gasteiger partial charge in [-0.15, -0.1) is 0 Å². The molecule has 2 spiro atoms. The van der Waals surface area contributed by atoms with Crippen molar-refractivity contribution in [1.29, 1.82) is 0 Å². The summed E-state index contributed by atoms with van der Waals surface area (Å²) in [6, 6.07) is 0. The van der Waals surface area contributed by atoms with Crippen molar-refractivity contribution in [1.82, 2.24) is 4.90 Å². The van der Waals surface area contributed by atoms with Crippen LogP contribution in [0.2, 0.25) is 0 Å². The Morgan fingerprint density at radius 3 is 2.35 bits per heavy atom. The first-order chi connectivity index (χ1) is 22.4. The maximum absolute atomic E-state index is 13.3. The molecule has 0 aromatic rings. The molecule has 1 amide bonds. The van der Waals surface area contributed by atoms with Gasteiger partial charge >= 0.3 is 0 Å². The lowest BCUT2D eigenvalue weighted by Crippen LogP contribution is -2.61. The molecule has 48 heavy (non-hydrogen) atoms. The van der Waals surface area contributed by atoms with Crippen LogP contribution >= 0.6 is 0 Å². The summed E-state index contributed by atoms with van der Waals surface area (Å²) in [5.41, 5.74) is -1.52. The van der Waals surface area contributed by atoms with Crippen molar-refractivity contribution in [3.8, 4) is 0 Å². The minimum atomic E-state index is -1.26. The highest BCUT2D eigenvalue weighted by molar-refractivity contribution is 5.83. The average molecular weight is 674 g/mol. The average Bonchev–Trinajstić information content (AvgIpc) is 3.65. The van der Waals surface area contributed by atoms with Crippen molar-refractivity contribution in [2.75, 3.05) is 32.9 Å². The van der Waals surface area contributed by atoms with Gasteiger partial charge in [0.1, 0.15) is 6.10 Å². The molecular weight excluding hydrogens is 610 g/mol. The zero-order chi connectivity index (χ0) is 34.4. The molecule has 272 valence electrons. The molecule has 8 fully saturated rings. The Labute approximate surface area is 287 Å². The van der Waals surface area contributed by atoms with Crippen LogP contribution in [0, 0.1) is 56.2 Å². The van der Waals surface area contributed by atoms with Gasteiger partial charge in [0.25, 0.3) is 0 Å².